The molecule has 0 radical (unpaired) electrons. The molecule has 1 atom stereocenters. The van der Waals surface area contributed by atoms with Crippen molar-refractivity contribution >= 4 is 0 Å². The number of likely N-dealkylation sites (N-methyl/N-ethyl adjacent to an activating group) is 1. The van der Waals surface area contributed by atoms with Gasteiger partial charge < -0.3 is 5.32 Å². The molecule has 0 unspecified atom stereocenters. The Bertz CT molecular complexity index is 277. The summed E-state index contributed by atoms with van der Waals surface area (Å²) in [5.41, 5.74) is 2.76. The van der Waals surface area contributed by atoms with E-state index in [2.05, 4.69) is 22.0 Å². The highest BCUT2D eigenvalue weighted by Gasteiger charge is 2.18. The van der Waals surface area contributed by atoms with Crippen molar-refractivity contribution in [3.63, 3.8) is 0 Å². The first-order valence-electron chi connectivity index (χ1n) is 4.50. The number of rotatable bonds is 1. The van der Waals surface area contributed by atoms with Crippen molar-refractivity contribution in [1.29, 1.82) is 0 Å². The van der Waals surface area contributed by atoms with Crippen LogP contribution in [0.4, 0.5) is 0 Å². The van der Waals surface area contributed by atoms with Crippen LogP contribution in [-0.2, 0) is 13.0 Å². The Morgan fingerprint density at radius 3 is 3.25 bits per heavy atom. The molecule has 0 aromatic carbocycles. The first-order chi connectivity index (χ1) is 5.81. The van der Waals surface area contributed by atoms with Gasteiger partial charge in [-0.1, -0.05) is 0 Å². The van der Waals surface area contributed by atoms with Crippen molar-refractivity contribution < 1.29 is 0 Å². The second kappa shape index (κ2) is 2.90. The molecular weight excluding hydrogens is 150 g/mol. The Balaban J connectivity index is 2.24. The van der Waals surface area contributed by atoms with Gasteiger partial charge >= 0.3 is 0 Å². The quantitative estimate of drug-likeness (QED) is 0.664. The second-order valence-electron chi connectivity index (χ2n) is 3.48. The predicted octanol–water partition coefficient (Wildman–Crippen LogP) is 0.726. The van der Waals surface area contributed by atoms with Gasteiger partial charge in [-0.25, -0.2) is 0 Å². The second-order valence-corrected chi connectivity index (χ2v) is 3.48. The van der Waals surface area contributed by atoms with Crippen LogP contribution >= 0.6 is 0 Å². The van der Waals surface area contributed by atoms with E-state index < -0.39 is 0 Å². The van der Waals surface area contributed by atoms with Crippen molar-refractivity contribution in [2.45, 2.75) is 32.4 Å². The molecule has 3 nitrogen and oxygen atoms in total. The maximum absolute atomic E-state index is 4.33. The fraction of sp³-hybridized carbons (Fsp3) is 0.667. The summed E-state index contributed by atoms with van der Waals surface area (Å²) in [7, 11) is 2.02. The highest BCUT2D eigenvalue weighted by atomic mass is 15.3. The molecule has 2 heterocycles. The number of nitrogens with one attached hydrogen (secondary N) is 1. The number of aryl methyl sites for hydroxylation is 1. The maximum atomic E-state index is 4.33. The molecule has 12 heavy (non-hydrogen) atoms. The summed E-state index contributed by atoms with van der Waals surface area (Å²) in [4.78, 5) is 0. The molecule has 3 heteroatoms. The number of hydrogen-bond donors (Lipinski definition) is 1. The van der Waals surface area contributed by atoms with Crippen LogP contribution < -0.4 is 5.32 Å². The number of nitrogens with zero attached hydrogens (tertiary/aromatic N) is 2. The van der Waals surface area contributed by atoms with Gasteiger partial charge in [-0.05, 0) is 32.4 Å². The van der Waals surface area contributed by atoms with E-state index in [1.807, 2.05) is 13.2 Å². The Kier molecular flexibility index (Phi) is 1.89. The van der Waals surface area contributed by atoms with Crippen molar-refractivity contribution in [2.75, 3.05) is 7.05 Å². The largest absolute Gasteiger partial charge is 0.315 e. The van der Waals surface area contributed by atoms with Gasteiger partial charge in [-0.15, -0.1) is 0 Å². The van der Waals surface area contributed by atoms with Crippen molar-refractivity contribution in [2.24, 2.45) is 0 Å². The van der Waals surface area contributed by atoms with Crippen LogP contribution in [-0.4, -0.2) is 22.9 Å². The van der Waals surface area contributed by atoms with E-state index >= 15 is 0 Å². The van der Waals surface area contributed by atoms with Crippen molar-refractivity contribution in [1.82, 2.24) is 15.1 Å². The number of hydrogen-bond acceptors (Lipinski definition) is 2. The zero-order valence-corrected chi connectivity index (χ0v) is 7.67. The first kappa shape index (κ1) is 7.80. The molecule has 0 saturated carbocycles. The average molecular weight is 165 g/mol. The van der Waals surface area contributed by atoms with E-state index in [4.69, 9.17) is 0 Å². The molecule has 1 aromatic heterocycles. The van der Waals surface area contributed by atoms with E-state index in [0.29, 0.717) is 6.04 Å². The van der Waals surface area contributed by atoms with Gasteiger partial charge in [0.1, 0.15) is 0 Å². The lowest BCUT2D eigenvalue weighted by Gasteiger charge is -2.23. The van der Waals surface area contributed by atoms with Gasteiger partial charge in [0.2, 0.25) is 0 Å². The fourth-order valence-corrected chi connectivity index (χ4v) is 1.83. The van der Waals surface area contributed by atoms with Crippen LogP contribution in [0.2, 0.25) is 0 Å². The minimum atomic E-state index is 0.608. The smallest absolute Gasteiger partial charge is 0.0565 e. The van der Waals surface area contributed by atoms with Crippen LogP contribution in [0.5, 0.6) is 0 Å². The zero-order valence-electron chi connectivity index (χ0n) is 7.67. The average Bonchev–Trinajstić information content (AvgIpc) is 2.47. The van der Waals surface area contributed by atoms with Crippen LogP contribution in [0.25, 0.3) is 0 Å². The van der Waals surface area contributed by atoms with Gasteiger partial charge in [0, 0.05) is 11.7 Å². The van der Waals surface area contributed by atoms with Gasteiger partial charge in [0.15, 0.2) is 0 Å². The standard InChI is InChI=1S/C9H15N3/c1-7-5-11-12-6-8(10-2)3-4-9(7)12/h5,8,10H,3-4,6H2,1-2H3/t8-/m0/s1. The lowest BCUT2D eigenvalue weighted by molar-refractivity contribution is 0.381. The third-order valence-electron chi connectivity index (χ3n) is 2.69. The summed E-state index contributed by atoms with van der Waals surface area (Å²) < 4.78 is 2.12. The van der Waals surface area contributed by atoms with Crippen molar-refractivity contribution in [3.8, 4) is 0 Å². The lowest BCUT2D eigenvalue weighted by atomic mass is 10.0. The summed E-state index contributed by atoms with van der Waals surface area (Å²) in [5.74, 6) is 0. The van der Waals surface area contributed by atoms with E-state index in [9.17, 15) is 0 Å². The molecule has 0 spiro atoms. The predicted molar refractivity (Wildman–Crippen MR) is 48.1 cm³/mol. The minimum Gasteiger partial charge on any atom is -0.315 e. The zero-order chi connectivity index (χ0) is 8.55. The molecule has 0 bridgehead atoms. The molecule has 1 N–H and O–H groups in total. The third kappa shape index (κ3) is 1.14. The van der Waals surface area contributed by atoms with Crippen LogP contribution in [0, 0.1) is 6.92 Å². The van der Waals surface area contributed by atoms with Gasteiger partial charge in [0.25, 0.3) is 0 Å². The highest BCUT2D eigenvalue weighted by Crippen LogP contribution is 2.16. The molecule has 66 valence electrons. The normalized spacial score (nSPS) is 22.3. The van der Waals surface area contributed by atoms with Gasteiger partial charge in [-0.2, -0.15) is 5.10 Å². The molecule has 1 aromatic rings. The van der Waals surface area contributed by atoms with E-state index in [-0.39, 0.29) is 0 Å². The molecular formula is C9H15N3. The molecule has 0 saturated heterocycles. The van der Waals surface area contributed by atoms with Crippen molar-refractivity contribution in [3.05, 3.63) is 17.5 Å². The lowest BCUT2D eigenvalue weighted by Crippen LogP contribution is -2.35. The Labute approximate surface area is 72.8 Å². The van der Waals surface area contributed by atoms with Crippen LogP contribution in [0.1, 0.15) is 17.7 Å². The maximum Gasteiger partial charge on any atom is 0.0565 e. The van der Waals surface area contributed by atoms with Crippen LogP contribution in [0.15, 0.2) is 6.20 Å². The Hall–Kier alpha value is -0.830. The number of fused-ring (bicyclic) bond motifs is 1. The molecule has 1 aliphatic rings. The monoisotopic (exact) mass is 165 g/mol. The van der Waals surface area contributed by atoms with Gasteiger partial charge in [0.05, 0.1) is 12.7 Å². The minimum absolute atomic E-state index is 0.608. The fourth-order valence-electron chi connectivity index (χ4n) is 1.83. The third-order valence-corrected chi connectivity index (χ3v) is 2.69. The molecule has 2 rings (SSSR count). The summed E-state index contributed by atoms with van der Waals surface area (Å²) >= 11 is 0. The molecule has 0 fully saturated rings. The Morgan fingerprint density at radius 2 is 2.50 bits per heavy atom. The van der Waals surface area contributed by atoms with Crippen LogP contribution in [0.3, 0.4) is 0 Å². The SMILES string of the molecule is CN[C@H]1CCc2c(C)cnn2C1. The molecule has 0 amide bonds. The Morgan fingerprint density at radius 1 is 1.67 bits per heavy atom. The first-order valence-corrected chi connectivity index (χ1v) is 4.50. The van der Waals surface area contributed by atoms with E-state index in [1.165, 1.54) is 17.7 Å². The summed E-state index contributed by atoms with van der Waals surface area (Å²) in [5, 5.41) is 7.62. The van der Waals surface area contributed by atoms with E-state index in [1.54, 1.807) is 0 Å². The molecule has 1 aliphatic heterocycles. The summed E-state index contributed by atoms with van der Waals surface area (Å²) in [6.07, 6.45) is 4.37. The summed E-state index contributed by atoms with van der Waals surface area (Å²) in [6.45, 7) is 3.16. The molecule has 0 aliphatic carbocycles. The highest BCUT2D eigenvalue weighted by molar-refractivity contribution is 5.17. The summed E-state index contributed by atoms with van der Waals surface area (Å²) in [6, 6.07) is 0.608. The topological polar surface area (TPSA) is 29.9 Å². The van der Waals surface area contributed by atoms with Gasteiger partial charge in [-0.3, -0.25) is 4.68 Å². The van der Waals surface area contributed by atoms with E-state index in [0.717, 1.165) is 13.0 Å². The number of aromatic nitrogens is 2.